The minimum Gasteiger partial charge on any atom is -0.493 e. The molecule has 0 fully saturated rings. The zero-order chi connectivity index (χ0) is 20.5. The van der Waals surface area contributed by atoms with Crippen LogP contribution in [0.3, 0.4) is 0 Å². The molecule has 0 aliphatic heterocycles. The number of hydrazone groups is 1. The van der Waals surface area contributed by atoms with Gasteiger partial charge in [-0.05, 0) is 18.2 Å². The van der Waals surface area contributed by atoms with Gasteiger partial charge in [0.15, 0.2) is 18.1 Å². The van der Waals surface area contributed by atoms with Gasteiger partial charge in [-0.25, -0.2) is 5.43 Å². The minimum atomic E-state index is -0.547. The fourth-order valence-electron chi connectivity index (χ4n) is 2.22. The average molecular weight is 389 g/mol. The predicted molar refractivity (Wildman–Crippen MR) is 100 cm³/mol. The molecule has 0 saturated carbocycles. The summed E-state index contributed by atoms with van der Waals surface area (Å²) in [5, 5.41) is 14.6. The number of benzene rings is 2. The molecule has 28 heavy (non-hydrogen) atoms. The van der Waals surface area contributed by atoms with Crippen molar-refractivity contribution in [1.82, 2.24) is 5.43 Å². The van der Waals surface area contributed by atoms with Gasteiger partial charge in [-0.2, -0.15) is 5.10 Å². The summed E-state index contributed by atoms with van der Waals surface area (Å²) >= 11 is 0. The topological polar surface area (TPSA) is 122 Å². The molecule has 0 heterocycles. The van der Waals surface area contributed by atoms with Crippen molar-refractivity contribution in [2.24, 2.45) is 5.10 Å². The Labute approximate surface area is 160 Å². The van der Waals surface area contributed by atoms with Crippen molar-refractivity contribution in [3.8, 4) is 23.0 Å². The molecule has 1 N–H and O–H groups in total. The highest BCUT2D eigenvalue weighted by Crippen LogP contribution is 2.37. The first-order chi connectivity index (χ1) is 13.5. The third-order valence-corrected chi connectivity index (χ3v) is 3.49. The van der Waals surface area contributed by atoms with E-state index in [2.05, 4.69) is 10.5 Å². The van der Waals surface area contributed by atoms with Crippen LogP contribution in [0.1, 0.15) is 5.56 Å². The van der Waals surface area contributed by atoms with Gasteiger partial charge in [0.1, 0.15) is 5.75 Å². The predicted octanol–water partition coefficient (Wildman–Crippen LogP) is 2.15. The standard InChI is InChI=1S/C18H19N3O7/c1-25-15-7-12(8-16(26-2)18(15)27-3)10-19-20-17(22)11-28-14-6-4-5-13(9-14)21(23)24/h4-10H,11H2,1-3H3,(H,20,22)/b19-10-. The number of non-ortho nitro benzene ring substituents is 1. The van der Waals surface area contributed by atoms with Crippen LogP contribution < -0.4 is 24.4 Å². The molecule has 148 valence electrons. The van der Waals surface area contributed by atoms with Crippen LogP contribution in [0.25, 0.3) is 0 Å². The molecule has 2 rings (SSSR count). The first-order valence-electron chi connectivity index (χ1n) is 7.97. The fraction of sp³-hybridized carbons (Fsp3) is 0.222. The number of methoxy groups -OCH3 is 3. The second-order valence-electron chi connectivity index (χ2n) is 5.29. The van der Waals surface area contributed by atoms with Crippen molar-refractivity contribution in [3.63, 3.8) is 0 Å². The Balaban J connectivity index is 1.96. The Morgan fingerprint density at radius 3 is 2.39 bits per heavy atom. The summed E-state index contributed by atoms with van der Waals surface area (Å²) in [5.74, 6) is 1.01. The molecule has 0 saturated heterocycles. The van der Waals surface area contributed by atoms with Crippen molar-refractivity contribution in [3.05, 3.63) is 52.1 Å². The zero-order valence-electron chi connectivity index (χ0n) is 15.5. The molecule has 0 radical (unpaired) electrons. The maximum atomic E-state index is 11.8. The molecule has 0 unspecified atom stereocenters. The molecule has 0 spiro atoms. The number of carbonyl (C=O) groups excluding carboxylic acids is 1. The van der Waals surface area contributed by atoms with Crippen LogP contribution >= 0.6 is 0 Å². The number of hydrogen-bond acceptors (Lipinski definition) is 8. The molecular formula is C18H19N3O7. The molecule has 0 bridgehead atoms. The van der Waals surface area contributed by atoms with Crippen LogP contribution in [-0.2, 0) is 4.79 Å². The van der Waals surface area contributed by atoms with Crippen LogP contribution in [0.15, 0.2) is 41.5 Å². The highest BCUT2D eigenvalue weighted by atomic mass is 16.6. The molecule has 2 aromatic carbocycles. The third kappa shape index (κ3) is 5.34. The smallest absolute Gasteiger partial charge is 0.277 e. The second kappa shape index (κ2) is 9.76. The van der Waals surface area contributed by atoms with Crippen molar-refractivity contribution in [2.75, 3.05) is 27.9 Å². The number of nitro groups is 1. The van der Waals surface area contributed by atoms with E-state index in [1.807, 2.05) is 0 Å². The largest absolute Gasteiger partial charge is 0.493 e. The summed E-state index contributed by atoms with van der Waals surface area (Å²) in [7, 11) is 4.48. The average Bonchev–Trinajstić information content (AvgIpc) is 2.71. The third-order valence-electron chi connectivity index (χ3n) is 3.49. The molecule has 1 amide bonds. The molecule has 0 aliphatic rings. The van der Waals surface area contributed by atoms with E-state index < -0.39 is 10.8 Å². The van der Waals surface area contributed by atoms with E-state index in [0.29, 0.717) is 22.8 Å². The Morgan fingerprint density at radius 2 is 1.82 bits per heavy atom. The molecule has 0 aliphatic carbocycles. The van der Waals surface area contributed by atoms with E-state index in [4.69, 9.17) is 18.9 Å². The van der Waals surface area contributed by atoms with Gasteiger partial charge in [0, 0.05) is 11.6 Å². The number of amides is 1. The van der Waals surface area contributed by atoms with Gasteiger partial charge in [0.05, 0.1) is 38.5 Å². The summed E-state index contributed by atoms with van der Waals surface area (Å²) in [5.41, 5.74) is 2.78. The summed E-state index contributed by atoms with van der Waals surface area (Å²) < 4.78 is 20.9. The molecular weight excluding hydrogens is 370 g/mol. The molecule has 0 atom stereocenters. The van der Waals surface area contributed by atoms with Gasteiger partial charge >= 0.3 is 0 Å². The second-order valence-corrected chi connectivity index (χ2v) is 5.29. The Kier molecular flexibility index (Phi) is 7.14. The van der Waals surface area contributed by atoms with Crippen LogP contribution in [0.2, 0.25) is 0 Å². The number of nitro benzene ring substituents is 1. The Hall–Kier alpha value is -3.82. The molecule has 2 aromatic rings. The normalized spacial score (nSPS) is 10.4. The summed E-state index contributed by atoms with van der Waals surface area (Å²) in [6.45, 7) is -0.353. The minimum absolute atomic E-state index is 0.127. The van der Waals surface area contributed by atoms with Crippen LogP contribution in [-0.4, -0.2) is 45.0 Å². The number of nitrogens with zero attached hydrogens (tertiary/aromatic N) is 2. The van der Waals surface area contributed by atoms with Gasteiger partial charge in [0.25, 0.3) is 11.6 Å². The lowest BCUT2D eigenvalue weighted by Crippen LogP contribution is -2.24. The van der Waals surface area contributed by atoms with E-state index in [0.717, 1.165) is 0 Å². The molecule has 0 aromatic heterocycles. The van der Waals surface area contributed by atoms with Crippen LogP contribution in [0.5, 0.6) is 23.0 Å². The first-order valence-corrected chi connectivity index (χ1v) is 7.97. The number of rotatable bonds is 9. The molecule has 10 nitrogen and oxygen atoms in total. The van der Waals surface area contributed by atoms with Gasteiger partial charge in [0.2, 0.25) is 5.75 Å². The lowest BCUT2D eigenvalue weighted by Gasteiger charge is -2.12. The number of ether oxygens (including phenoxy) is 4. The van der Waals surface area contributed by atoms with E-state index in [9.17, 15) is 14.9 Å². The van der Waals surface area contributed by atoms with Crippen molar-refractivity contribution in [2.45, 2.75) is 0 Å². The first kappa shape index (κ1) is 20.5. The van der Waals surface area contributed by atoms with Gasteiger partial charge in [-0.15, -0.1) is 0 Å². The summed E-state index contributed by atoms with van der Waals surface area (Å²) in [6.07, 6.45) is 1.40. The van der Waals surface area contributed by atoms with Crippen LogP contribution in [0.4, 0.5) is 5.69 Å². The summed E-state index contributed by atoms with van der Waals surface area (Å²) in [4.78, 5) is 22.0. The Bertz CT molecular complexity index is 858. The van der Waals surface area contributed by atoms with Crippen molar-refractivity contribution < 1.29 is 28.7 Å². The highest BCUT2D eigenvalue weighted by Gasteiger charge is 2.12. The van der Waals surface area contributed by atoms with Crippen molar-refractivity contribution >= 4 is 17.8 Å². The van der Waals surface area contributed by atoms with E-state index in [1.54, 1.807) is 12.1 Å². The SMILES string of the molecule is COc1cc(/C=N\NC(=O)COc2cccc([N+](=O)[O-])c2)cc(OC)c1OC. The Morgan fingerprint density at radius 1 is 1.14 bits per heavy atom. The number of carbonyl (C=O) groups is 1. The monoisotopic (exact) mass is 389 g/mol. The highest BCUT2D eigenvalue weighted by molar-refractivity contribution is 5.84. The van der Waals surface area contributed by atoms with Gasteiger partial charge < -0.3 is 18.9 Å². The maximum absolute atomic E-state index is 11.8. The van der Waals surface area contributed by atoms with Gasteiger partial charge in [-0.1, -0.05) is 6.07 Å². The molecule has 10 heteroatoms. The van der Waals surface area contributed by atoms with E-state index in [1.165, 1.54) is 51.8 Å². The van der Waals surface area contributed by atoms with Crippen molar-refractivity contribution in [1.29, 1.82) is 0 Å². The fourth-order valence-corrected chi connectivity index (χ4v) is 2.22. The van der Waals surface area contributed by atoms with Crippen LogP contribution in [0, 0.1) is 10.1 Å². The summed E-state index contributed by atoms with van der Waals surface area (Å²) in [6, 6.07) is 8.86. The maximum Gasteiger partial charge on any atom is 0.277 e. The van der Waals surface area contributed by atoms with Gasteiger partial charge in [-0.3, -0.25) is 14.9 Å². The van der Waals surface area contributed by atoms with E-state index >= 15 is 0 Å². The lowest BCUT2D eigenvalue weighted by molar-refractivity contribution is -0.384. The zero-order valence-corrected chi connectivity index (χ0v) is 15.5. The quantitative estimate of drug-likeness (QED) is 0.396. The number of nitrogens with one attached hydrogen (secondary N) is 1. The lowest BCUT2D eigenvalue weighted by atomic mass is 10.2. The van der Waals surface area contributed by atoms with E-state index in [-0.39, 0.29) is 18.0 Å². The number of hydrogen-bond donors (Lipinski definition) is 1.